The average Bonchev–Trinajstić information content (AvgIpc) is 3.18. The van der Waals surface area contributed by atoms with Gasteiger partial charge < -0.3 is 10.6 Å². The van der Waals surface area contributed by atoms with Crippen molar-refractivity contribution >= 4 is 23.0 Å². The number of para-hydroxylation sites is 1. The van der Waals surface area contributed by atoms with Gasteiger partial charge in [0, 0.05) is 29.6 Å². The lowest BCUT2D eigenvalue weighted by Crippen LogP contribution is -2.27. The molecule has 0 unspecified atom stereocenters. The maximum Gasteiger partial charge on any atom is 0.171 e. The van der Waals surface area contributed by atoms with E-state index in [0.717, 1.165) is 28.2 Å². The summed E-state index contributed by atoms with van der Waals surface area (Å²) in [4.78, 5) is 0. The molecule has 0 spiro atoms. The summed E-state index contributed by atoms with van der Waals surface area (Å²) in [5, 5.41) is 12.0. The highest BCUT2D eigenvalue weighted by Crippen LogP contribution is 2.23. The van der Waals surface area contributed by atoms with Gasteiger partial charge in [-0.2, -0.15) is 5.10 Å². The topological polar surface area (TPSA) is 41.9 Å². The van der Waals surface area contributed by atoms with Crippen LogP contribution in [-0.2, 0) is 6.54 Å². The summed E-state index contributed by atoms with van der Waals surface area (Å²) in [6, 6.07) is 28.5. The molecule has 0 radical (unpaired) electrons. The molecule has 4 nitrogen and oxygen atoms in total. The third-order valence-electron chi connectivity index (χ3n) is 4.57. The quantitative estimate of drug-likeness (QED) is 0.446. The van der Waals surface area contributed by atoms with E-state index in [1.54, 1.807) is 0 Å². The van der Waals surface area contributed by atoms with Gasteiger partial charge in [0.25, 0.3) is 0 Å². The Morgan fingerprint density at radius 2 is 1.66 bits per heavy atom. The molecule has 5 heteroatoms. The van der Waals surface area contributed by atoms with Gasteiger partial charge in [0.2, 0.25) is 0 Å². The van der Waals surface area contributed by atoms with Crippen LogP contribution in [0.25, 0.3) is 16.9 Å². The molecule has 0 saturated heterocycles. The Hall–Kier alpha value is -3.44. The standard InChI is InChI=1S/C24H22N4S/c1-18-9-8-12-21(15-18)26-24(29)25-16-20-17-28(22-13-6-3-7-14-22)27-23(20)19-10-4-2-5-11-19/h2-15,17H,16H2,1H3,(H2,25,26,29). The van der Waals surface area contributed by atoms with E-state index < -0.39 is 0 Å². The number of nitrogens with one attached hydrogen (secondary N) is 2. The lowest BCUT2D eigenvalue weighted by atomic mass is 10.1. The Labute approximate surface area is 176 Å². The largest absolute Gasteiger partial charge is 0.358 e. The van der Waals surface area contributed by atoms with Gasteiger partial charge in [0.1, 0.15) is 0 Å². The minimum atomic E-state index is 0.578. The molecule has 2 N–H and O–H groups in total. The molecule has 0 atom stereocenters. The predicted molar refractivity (Wildman–Crippen MR) is 123 cm³/mol. The zero-order valence-corrected chi connectivity index (χ0v) is 17.0. The number of aryl methyl sites for hydroxylation is 1. The van der Waals surface area contributed by atoms with Gasteiger partial charge in [-0.15, -0.1) is 0 Å². The van der Waals surface area contributed by atoms with E-state index in [1.165, 1.54) is 5.56 Å². The Bertz CT molecular complexity index is 1100. The molecular formula is C24H22N4S. The smallest absolute Gasteiger partial charge is 0.171 e. The molecule has 1 aromatic heterocycles. The van der Waals surface area contributed by atoms with Crippen LogP contribution in [0.5, 0.6) is 0 Å². The van der Waals surface area contributed by atoms with Crippen molar-refractivity contribution in [3.63, 3.8) is 0 Å². The summed E-state index contributed by atoms with van der Waals surface area (Å²) < 4.78 is 1.91. The van der Waals surface area contributed by atoms with Gasteiger partial charge in [-0.05, 0) is 49.0 Å². The molecule has 0 amide bonds. The fourth-order valence-corrected chi connectivity index (χ4v) is 3.35. The second-order valence-corrected chi connectivity index (χ2v) is 7.23. The Morgan fingerprint density at radius 3 is 2.38 bits per heavy atom. The number of benzene rings is 3. The van der Waals surface area contributed by atoms with Crippen LogP contribution in [-0.4, -0.2) is 14.9 Å². The van der Waals surface area contributed by atoms with Crippen molar-refractivity contribution in [3.05, 3.63) is 102 Å². The number of anilines is 1. The van der Waals surface area contributed by atoms with Crippen LogP contribution in [0.1, 0.15) is 11.1 Å². The van der Waals surface area contributed by atoms with Crippen molar-refractivity contribution in [2.24, 2.45) is 0 Å². The Balaban J connectivity index is 1.55. The minimum Gasteiger partial charge on any atom is -0.358 e. The van der Waals surface area contributed by atoms with Crippen molar-refractivity contribution in [2.75, 3.05) is 5.32 Å². The van der Waals surface area contributed by atoms with E-state index in [2.05, 4.69) is 48.0 Å². The number of hydrogen-bond acceptors (Lipinski definition) is 2. The molecule has 3 aromatic carbocycles. The van der Waals surface area contributed by atoms with Crippen molar-refractivity contribution in [1.29, 1.82) is 0 Å². The highest BCUT2D eigenvalue weighted by atomic mass is 32.1. The zero-order chi connectivity index (χ0) is 20.1. The minimum absolute atomic E-state index is 0.578. The molecule has 4 aromatic rings. The van der Waals surface area contributed by atoms with Crippen LogP contribution in [0.2, 0.25) is 0 Å². The van der Waals surface area contributed by atoms with E-state index in [1.807, 2.05) is 65.3 Å². The average molecular weight is 399 g/mol. The molecule has 1 heterocycles. The molecule has 4 rings (SSSR count). The van der Waals surface area contributed by atoms with Gasteiger partial charge in [-0.25, -0.2) is 4.68 Å². The van der Waals surface area contributed by atoms with Crippen LogP contribution in [0, 0.1) is 6.92 Å². The van der Waals surface area contributed by atoms with Crippen LogP contribution >= 0.6 is 12.2 Å². The summed E-state index contributed by atoms with van der Waals surface area (Å²) in [5.41, 5.74) is 6.29. The summed E-state index contributed by atoms with van der Waals surface area (Å²) in [5.74, 6) is 0. The molecule has 144 valence electrons. The first-order chi connectivity index (χ1) is 14.2. The first-order valence-electron chi connectivity index (χ1n) is 9.50. The molecule has 0 aliphatic heterocycles. The second kappa shape index (κ2) is 8.71. The van der Waals surface area contributed by atoms with Gasteiger partial charge >= 0.3 is 0 Å². The van der Waals surface area contributed by atoms with E-state index in [4.69, 9.17) is 17.3 Å². The van der Waals surface area contributed by atoms with E-state index in [9.17, 15) is 0 Å². The molecule has 0 aliphatic rings. The molecule has 0 fully saturated rings. The normalized spacial score (nSPS) is 10.5. The lowest BCUT2D eigenvalue weighted by molar-refractivity contribution is 0.879. The van der Waals surface area contributed by atoms with E-state index in [-0.39, 0.29) is 0 Å². The highest BCUT2D eigenvalue weighted by Gasteiger charge is 2.12. The number of nitrogens with zero attached hydrogens (tertiary/aromatic N) is 2. The Morgan fingerprint density at radius 1 is 0.931 bits per heavy atom. The predicted octanol–water partition coefficient (Wildman–Crippen LogP) is 5.33. The molecule has 0 aliphatic carbocycles. The zero-order valence-electron chi connectivity index (χ0n) is 16.2. The number of rotatable bonds is 5. The molecule has 0 saturated carbocycles. The molecule has 29 heavy (non-hydrogen) atoms. The molecular weight excluding hydrogens is 376 g/mol. The monoisotopic (exact) mass is 398 g/mol. The van der Waals surface area contributed by atoms with Gasteiger partial charge in [-0.3, -0.25) is 0 Å². The third-order valence-corrected chi connectivity index (χ3v) is 4.82. The summed E-state index contributed by atoms with van der Waals surface area (Å²) in [7, 11) is 0. The van der Waals surface area contributed by atoms with Crippen molar-refractivity contribution in [1.82, 2.24) is 15.1 Å². The van der Waals surface area contributed by atoms with E-state index in [0.29, 0.717) is 11.7 Å². The SMILES string of the molecule is Cc1cccc(NC(=S)NCc2cn(-c3ccccc3)nc2-c2ccccc2)c1. The summed E-state index contributed by atoms with van der Waals surface area (Å²) >= 11 is 5.49. The van der Waals surface area contributed by atoms with Crippen LogP contribution < -0.4 is 10.6 Å². The maximum atomic E-state index is 5.49. The fourth-order valence-electron chi connectivity index (χ4n) is 3.16. The number of hydrogen-bond donors (Lipinski definition) is 2. The Kier molecular flexibility index (Phi) is 5.68. The van der Waals surface area contributed by atoms with Crippen molar-refractivity contribution in [2.45, 2.75) is 13.5 Å². The van der Waals surface area contributed by atoms with Crippen LogP contribution in [0.3, 0.4) is 0 Å². The van der Waals surface area contributed by atoms with Gasteiger partial charge in [-0.1, -0.05) is 60.7 Å². The highest BCUT2D eigenvalue weighted by molar-refractivity contribution is 7.80. The maximum absolute atomic E-state index is 5.49. The van der Waals surface area contributed by atoms with Crippen molar-refractivity contribution < 1.29 is 0 Å². The first kappa shape index (κ1) is 18.9. The molecule has 0 bridgehead atoms. The van der Waals surface area contributed by atoms with Crippen LogP contribution in [0.15, 0.2) is 91.1 Å². The van der Waals surface area contributed by atoms with E-state index >= 15 is 0 Å². The van der Waals surface area contributed by atoms with Gasteiger partial charge in [0.05, 0.1) is 11.4 Å². The summed E-state index contributed by atoms with van der Waals surface area (Å²) in [6.07, 6.45) is 2.06. The van der Waals surface area contributed by atoms with Gasteiger partial charge in [0.15, 0.2) is 5.11 Å². The second-order valence-electron chi connectivity index (χ2n) is 6.83. The number of thiocarbonyl (C=S) groups is 1. The first-order valence-corrected chi connectivity index (χ1v) is 9.91. The van der Waals surface area contributed by atoms with Crippen molar-refractivity contribution in [3.8, 4) is 16.9 Å². The van der Waals surface area contributed by atoms with Crippen LogP contribution in [0.4, 0.5) is 5.69 Å². The fraction of sp³-hybridized carbons (Fsp3) is 0.0833. The number of aromatic nitrogens is 2. The third kappa shape index (κ3) is 4.70. The summed E-state index contributed by atoms with van der Waals surface area (Å²) in [6.45, 7) is 2.64. The lowest BCUT2D eigenvalue weighted by Gasteiger charge is -2.11.